The van der Waals surface area contributed by atoms with Crippen LogP contribution in [-0.4, -0.2) is 12.0 Å². The summed E-state index contributed by atoms with van der Waals surface area (Å²) in [7, 11) is 3.50. The van der Waals surface area contributed by atoms with Crippen LogP contribution in [0.1, 0.15) is 32.8 Å². The third-order valence-electron chi connectivity index (χ3n) is 2.48. The summed E-state index contributed by atoms with van der Waals surface area (Å²) in [6.07, 6.45) is 2.67. The molecule has 0 aliphatic heterocycles. The van der Waals surface area contributed by atoms with Crippen LogP contribution >= 0.6 is 21.6 Å². The van der Waals surface area contributed by atoms with Gasteiger partial charge in [-0.3, -0.25) is 4.79 Å². The van der Waals surface area contributed by atoms with Gasteiger partial charge in [0.15, 0.2) is 0 Å². The molecule has 0 fully saturated rings. The van der Waals surface area contributed by atoms with Crippen LogP contribution in [0.4, 0.5) is 0 Å². The van der Waals surface area contributed by atoms with Gasteiger partial charge in [0.25, 0.3) is 0 Å². The van der Waals surface area contributed by atoms with Gasteiger partial charge in [-0.05, 0) is 30.2 Å². The van der Waals surface area contributed by atoms with Crippen molar-refractivity contribution in [2.45, 2.75) is 37.5 Å². The molecule has 0 saturated heterocycles. The van der Waals surface area contributed by atoms with Crippen molar-refractivity contribution in [3.8, 4) is 0 Å². The minimum absolute atomic E-state index is 0.0782. The maximum Gasteiger partial charge on any atom is 0.130 e. The van der Waals surface area contributed by atoms with Crippen molar-refractivity contribution < 1.29 is 4.79 Å². The predicted octanol–water partition coefficient (Wildman–Crippen LogP) is 4.31. The maximum absolute atomic E-state index is 11.3. The molecule has 0 radical (unpaired) electrons. The Hall–Kier alpha value is -0.410. The highest BCUT2D eigenvalue weighted by molar-refractivity contribution is 8.76. The van der Waals surface area contributed by atoms with Gasteiger partial charge in [-0.2, -0.15) is 0 Å². The molecule has 0 heterocycles. The minimum Gasteiger partial charge on any atom is -0.300 e. The van der Waals surface area contributed by atoms with Crippen LogP contribution in [0.2, 0.25) is 0 Å². The van der Waals surface area contributed by atoms with Crippen molar-refractivity contribution in [3.05, 3.63) is 29.8 Å². The smallest absolute Gasteiger partial charge is 0.130 e. The fourth-order valence-electron chi connectivity index (χ4n) is 1.91. The van der Waals surface area contributed by atoms with E-state index in [1.54, 1.807) is 28.5 Å². The molecule has 0 aliphatic carbocycles. The van der Waals surface area contributed by atoms with Gasteiger partial charge >= 0.3 is 0 Å². The zero-order valence-electron chi connectivity index (χ0n) is 10.2. The predicted molar refractivity (Wildman–Crippen MR) is 74.1 cm³/mol. The van der Waals surface area contributed by atoms with E-state index < -0.39 is 0 Å². The van der Waals surface area contributed by atoms with Crippen molar-refractivity contribution >= 4 is 27.4 Å². The molecule has 0 atom stereocenters. The summed E-state index contributed by atoms with van der Waals surface area (Å²) in [6, 6.07) is 8.34. The molecule has 1 aromatic carbocycles. The van der Waals surface area contributed by atoms with E-state index in [2.05, 4.69) is 32.2 Å². The Labute approximate surface area is 106 Å². The van der Waals surface area contributed by atoms with Crippen LogP contribution in [-0.2, 0) is 10.2 Å². The van der Waals surface area contributed by atoms with E-state index in [0.29, 0.717) is 6.42 Å². The fraction of sp³-hybridized carbons (Fsp3) is 0.462. The molecular weight excluding hydrogens is 236 g/mol. The van der Waals surface area contributed by atoms with Gasteiger partial charge in [0.05, 0.1) is 0 Å². The SMILES string of the molecule is CSSc1ccccc1C(C)(C)CC(C)=O. The normalized spacial score (nSPS) is 11.5. The third-order valence-corrected chi connectivity index (χ3v) is 4.22. The van der Waals surface area contributed by atoms with Gasteiger partial charge in [-0.25, -0.2) is 0 Å². The van der Waals surface area contributed by atoms with Crippen molar-refractivity contribution in [2.24, 2.45) is 0 Å². The number of carbonyl (C=O) groups excluding carboxylic acids is 1. The number of carbonyl (C=O) groups is 1. The van der Waals surface area contributed by atoms with Gasteiger partial charge in [0, 0.05) is 11.3 Å². The highest BCUT2D eigenvalue weighted by atomic mass is 33.1. The molecule has 1 nitrogen and oxygen atoms in total. The molecule has 0 unspecified atom stereocenters. The van der Waals surface area contributed by atoms with E-state index >= 15 is 0 Å². The molecule has 0 spiro atoms. The van der Waals surface area contributed by atoms with Gasteiger partial charge in [-0.15, -0.1) is 0 Å². The second kappa shape index (κ2) is 5.78. The molecule has 0 aliphatic rings. The third kappa shape index (κ3) is 3.56. The standard InChI is InChI=1S/C13H18OS2/c1-10(14)9-13(2,3)11-7-5-6-8-12(11)16-15-4/h5-8H,9H2,1-4H3. The first-order chi connectivity index (χ1) is 7.47. The summed E-state index contributed by atoms with van der Waals surface area (Å²) >= 11 is 0. The Kier molecular flexibility index (Phi) is 4.93. The second-order valence-electron chi connectivity index (χ2n) is 4.51. The van der Waals surface area contributed by atoms with Crippen molar-refractivity contribution in [1.82, 2.24) is 0 Å². The van der Waals surface area contributed by atoms with Crippen molar-refractivity contribution in [3.63, 3.8) is 0 Å². The summed E-state index contributed by atoms with van der Waals surface area (Å²) < 4.78 is 0. The molecule has 1 aromatic rings. The van der Waals surface area contributed by atoms with Crippen LogP contribution in [0.15, 0.2) is 29.2 Å². The summed E-state index contributed by atoms with van der Waals surface area (Å²) in [5.41, 5.74) is 1.19. The molecule has 0 amide bonds. The van der Waals surface area contributed by atoms with E-state index in [0.717, 1.165) is 0 Å². The van der Waals surface area contributed by atoms with E-state index in [1.165, 1.54) is 10.5 Å². The molecular formula is C13H18OS2. The summed E-state index contributed by atoms with van der Waals surface area (Å²) in [4.78, 5) is 12.6. The summed E-state index contributed by atoms with van der Waals surface area (Å²) in [5.74, 6) is 0.244. The molecule has 0 saturated carbocycles. The first-order valence-corrected chi connectivity index (χ1v) is 7.83. The topological polar surface area (TPSA) is 17.1 Å². The first kappa shape index (κ1) is 13.7. The molecule has 16 heavy (non-hydrogen) atoms. The van der Waals surface area contributed by atoms with Crippen molar-refractivity contribution in [1.29, 1.82) is 0 Å². The number of rotatable bonds is 5. The Balaban J connectivity index is 3.05. The van der Waals surface area contributed by atoms with Gasteiger partial charge in [0.1, 0.15) is 5.78 Å². The lowest BCUT2D eigenvalue weighted by molar-refractivity contribution is -0.118. The van der Waals surface area contributed by atoms with Crippen LogP contribution in [0, 0.1) is 0 Å². The summed E-state index contributed by atoms with van der Waals surface area (Å²) in [5, 5.41) is 0. The Morgan fingerprint density at radius 1 is 1.31 bits per heavy atom. The monoisotopic (exact) mass is 254 g/mol. The minimum atomic E-state index is -0.0782. The van der Waals surface area contributed by atoms with E-state index in [-0.39, 0.29) is 11.2 Å². The van der Waals surface area contributed by atoms with Crippen molar-refractivity contribution in [2.75, 3.05) is 6.26 Å². The first-order valence-electron chi connectivity index (χ1n) is 5.27. The Morgan fingerprint density at radius 2 is 1.94 bits per heavy atom. The lowest BCUT2D eigenvalue weighted by Gasteiger charge is -2.26. The average molecular weight is 254 g/mol. The molecule has 0 bridgehead atoms. The van der Waals surface area contributed by atoms with Gasteiger partial charge < -0.3 is 0 Å². The lowest BCUT2D eigenvalue weighted by atomic mass is 9.80. The molecule has 1 rings (SSSR count). The Morgan fingerprint density at radius 3 is 2.50 bits per heavy atom. The van der Waals surface area contributed by atoms with E-state index in [9.17, 15) is 4.79 Å². The van der Waals surface area contributed by atoms with Gasteiger partial charge in [0.2, 0.25) is 0 Å². The zero-order valence-corrected chi connectivity index (χ0v) is 11.9. The van der Waals surface area contributed by atoms with Gasteiger partial charge in [-0.1, -0.05) is 53.6 Å². The molecule has 0 aromatic heterocycles. The maximum atomic E-state index is 11.3. The van der Waals surface area contributed by atoms with Crippen LogP contribution in [0.5, 0.6) is 0 Å². The number of hydrogen-bond acceptors (Lipinski definition) is 3. The average Bonchev–Trinajstić information content (AvgIpc) is 2.17. The highest BCUT2D eigenvalue weighted by Crippen LogP contribution is 2.38. The zero-order chi connectivity index (χ0) is 12.2. The molecule has 88 valence electrons. The number of ketones is 1. The highest BCUT2D eigenvalue weighted by Gasteiger charge is 2.25. The largest absolute Gasteiger partial charge is 0.300 e. The summed E-state index contributed by atoms with van der Waals surface area (Å²) in [6.45, 7) is 5.92. The van der Waals surface area contributed by atoms with E-state index in [4.69, 9.17) is 0 Å². The number of Topliss-reactive ketones (excluding diaryl/α,β-unsaturated/α-hetero) is 1. The van der Waals surface area contributed by atoms with E-state index in [1.807, 2.05) is 12.1 Å². The number of hydrogen-bond donors (Lipinski definition) is 0. The lowest BCUT2D eigenvalue weighted by Crippen LogP contribution is -2.21. The van der Waals surface area contributed by atoms with Crippen LogP contribution in [0.25, 0.3) is 0 Å². The fourth-order valence-corrected chi connectivity index (χ4v) is 3.63. The number of benzene rings is 1. The Bertz CT molecular complexity index is 372. The quantitative estimate of drug-likeness (QED) is 0.729. The molecule has 3 heteroatoms. The van der Waals surface area contributed by atoms with Crippen LogP contribution in [0.3, 0.4) is 0 Å². The molecule has 0 N–H and O–H groups in total. The second-order valence-corrected chi connectivity index (χ2v) is 6.95. The van der Waals surface area contributed by atoms with Crippen LogP contribution < -0.4 is 0 Å².